The van der Waals surface area contributed by atoms with E-state index in [0.29, 0.717) is 17.9 Å². The lowest BCUT2D eigenvalue weighted by atomic mass is 9.73. The van der Waals surface area contributed by atoms with E-state index in [-0.39, 0.29) is 18.0 Å². The van der Waals surface area contributed by atoms with E-state index in [1.165, 1.54) is 43.2 Å². The molecule has 0 radical (unpaired) electrons. The van der Waals surface area contributed by atoms with Crippen LogP contribution < -0.4 is 16.0 Å². The number of nitrogens with one attached hydrogen (secondary N) is 3. The van der Waals surface area contributed by atoms with Crippen molar-refractivity contribution in [1.82, 2.24) is 10.6 Å². The molecule has 2 aliphatic heterocycles. The van der Waals surface area contributed by atoms with Gasteiger partial charge in [0.2, 0.25) is 5.91 Å². The van der Waals surface area contributed by atoms with Crippen molar-refractivity contribution in [2.24, 2.45) is 11.8 Å². The number of para-hydroxylation sites is 1. The highest BCUT2D eigenvalue weighted by atomic mass is 16.2. The molecule has 25 heavy (non-hydrogen) atoms. The maximum atomic E-state index is 13.0. The molecule has 3 N–H and O–H groups in total. The van der Waals surface area contributed by atoms with Crippen molar-refractivity contribution in [1.29, 1.82) is 0 Å². The fourth-order valence-corrected chi connectivity index (χ4v) is 4.83. The first-order valence-electron chi connectivity index (χ1n) is 10.0. The maximum Gasteiger partial charge on any atom is 0.243 e. The molecule has 0 aromatic heterocycles. The normalized spacial score (nSPS) is 30.1. The van der Waals surface area contributed by atoms with Gasteiger partial charge < -0.3 is 16.0 Å². The summed E-state index contributed by atoms with van der Waals surface area (Å²) in [5, 5.41) is 10.6. The van der Waals surface area contributed by atoms with Crippen LogP contribution in [0.1, 0.15) is 50.2 Å². The van der Waals surface area contributed by atoms with E-state index < -0.39 is 0 Å². The molecule has 1 saturated carbocycles. The maximum absolute atomic E-state index is 13.0. The van der Waals surface area contributed by atoms with Crippen molar-refractivity contribution in [2.75, 3.05) is 11.9 Å². The van der Waals surface area contributed by atoms with Crippen molar-refractivity contribution < 1.29 is 4.79 Å². The van der Waals surface area contributed by atoms with Gasteiger partial charge in [-0.1, -0.05) is 31.5 Å². The van der Waals surface area contributed by atoms with Gasteiger partial charge in [-0.3, -0.25) is 4.79 Å². The highest BCUT2D eigenvalue weighted by Gasteiger charge is 2.39. The Kier molecular flexibility index (Phi) is 4.72. The molecule has 4 heteroatoms. The molecule has 0 spiro atoms. The zero-order valence-corrected chi connectivity index (χ0v) is 15.5. The summed E-state index contributed by atoms with van der Waals surface area (Å²) in [4.78, 5) is 13.0. The first-order chi connectivity index (χ1) is 12.1. The molecule has 1 saturated heterocycles. The lowest BCUT2D eigenvalue weighted by Gasteiger charge is -2.44. The summed E-state index contributed by atoms with van der Waals surface area (Å²) in [5.74, 6) is 1.45. The molecule has 1 aliphatic carbocycles. The van der Waals surface area contributed by atoms with Crippen LogP contribution in [-0.2, 0) is 11.2 Å². The Morgan fingerprint density at radius 1 is 1.24 bits per heavy atom. The summed E-state index contributed by atoms with van der Waals surface area (Å²) in [6.45, 7) is 5.53. The minimum absolute atomic E-state index is 0.127. The summed E-state index contributed by atoms with van der Waals surface area (Å²) in [6, 6.07) is 6.91. The van der Waals surface area contributed by atoms with Gasteiger partial charge in [0.25, 0.3) is 0 Å². The van der Waals surface area contributed by atoms with Crippen LogP contribution in [0.5, 0.6) is 0 Å². The number of rotatable bonds is 4. The fourth-order valence-electron chi connectivity index (χ4n) is 4.83. The molecule has 2 heterocycles. The number of hydrogen-bond acceptors (Lipinski definition) is 3. The summed E-state index contributed by atoms with van der Waals surface area (Å²) < 4.78 is 0. The second-order valence-electron chi connectivity index (χ2n) is 8.33. The van der Waals surface area contributed by atoms with E-state index in [4.69, 9.17) is 0 Å². The van der Waals surface area contributed by atoms with Gasteiger partial charge >= 0.3 is 0 Å². The smallest absolute Gasteiger partial charge is 0.243 e. The van der Waals surface area contributed by atoms with Gasteiger partial charge in [-0.25, -0.2) is 0 Å². The zero-order valence-electron chi connectivity index (χ0n) is 15.5. The number of fused-ring (bicyclic) bond motifs is 1. The first-order valence-corrected chi connectivity index (χ1v) is 10.0. The molecule has 136 valence electrons. The Morgan fingerprint density at radius 2 is 2.08 bits per heavy atom. The third kappa shape index (κ3) is 3.29. The topological polar surface area (TPSA) is 53.2 Å². The molecule has 1 aromatic carbocycles. The molecule has 1 aromatic rings. The lowest BCUT2D eigenvalue weighted by Crippen LogP contribution is -2.60. The van der Waals surface area contributed by atoms with Crippen LogP contribution in [0.15, 0.2) is 18.2 Å². The predicted molar refractivity (Wildman–Crippen MR) is 102 cm³/mol. The number of carbonyl (C=O) groups is 1. The lowest BCUT2D eigenvalue weighted by molar-refractivity contribution is -0.123. The standard InChI is InChI=1S/C21H31N3O/c1-13-6-3-10-16-12-17(23-18(13)16)21(25)24-20(15-8-4-9-15)19-14(2)7-5-11-22-19/h3,6,10,14-15,17,19-20,22-23H,4-5,7-9,11-12H2,1-2H3,(H,24,25). The molecule has 4 unspecified atom stereocenters. The van der Waals surface area contributed by atoms with Crippen LogP contribution >= 0.6 is 0 Å². The van der Waals surface area contributed by atoms with E-state index >= 15 is 0 Å². The molecule has 3 aliphatic rings. The summed E-state index contributed by atoms with van der Waals surface area (Å²) in [7, 11) is 0. The Bertz CT molecular complexity index is 640. The fraction of sp³-hybridized carbons (Fsp3) is 0.667. The molecule has 0 bridgehead atoms. The van der Waals surface area contributed by atoms with Crippen molar-refractivity contribution in [3.8, 4) is 0 Å². The van der Waals surface area contributed by atoms with Crippen LogP contribution in [0.4, 0.5) is 5.69 Å². The Labute approximate surface area is 151 Å². The number of aryl methyl sites for hydroxylation is 1. The van der Waals surface area contributed by atoms with Crippen LogP contribution in [0.3, 0.4) is 0 Å². The Hall–Kier alpha value is -1.55. The van der Waals surface area contributed by atoms with Crippen LogP contribution in [0.2, 0.25) is 0 Å². The van der Waals surface area contributed by atoms with Gasteiger partial charge in [0.15, 0.2) is 0 Å². The van der Waals surface area contributed by atoms with E-state index in [0.717, 1.165) is 18.7 Å². The molecule has 4 atom stereocenters. The van der Waals surface area contributed by atoms with Gasteiger partial charge in [-0.05, 0) is 62.1 Å². The van der Waals surface area contributed by atoms with Gasteiger partial charge in [0.05, 0.1) is 0 Å². The van der Waals surface area contributed by atoms with Crippen molar-refractivity contribution in [3.63, 3.8) is 0 Å². The number of carbonyl (C=O) groups excluding carboxylic acids is 1. The molecular weight excluding hydrogens is 310 g/mol. The molecule has 4 rings (SSSR count). The second kappa shape index (κ2) is 6.99. The average Bonchev–Trinajstić information content (AvgIpc) is 2.99. The number of hydrogen-bond donors (Lipinski definition) is 3. The zero-order chi connectivity index (χ0) is 17.4. The number of piperidine rings is 1. The average molecular weight is 341 g/mol. The number of amides is 1. The van der Waals surface area contributed by atoms with Gasteiger partial charge in [0.1, 0.15) is 6.04 Å². The quantitative estimate of drug-likeness (QED) is 0.789. The minimum atomic E-state index is -0.127. The van der Waals surface area contributed by atoms with Crippen LogP contribution in [0, 0.1) is 18.8 Å². The molecule has 2 fully saturated rings. The van der Waals surface area contributed by atoms with Crippen LogP contribution in [-0.4, -0.2) is 30.6 Å². The van der Waals surface area contributed by atoms with E-state index in [1.54, 1.807) is 0 Å². The Morgan fingerprint density at radius 3 is 2.76 bits per heavy atom. The summed E-state index contributed by atoms with van der Waals surface area (Å²) >= 11 is 0. The van der Waals surface area contributed by atoms with Crippen molar-refractivity contribution in [2.45, 2.75) is 70.5 Å². The van der Waals surface area contributed by atoms with E-state index in [9.17, 15) is 4.79 Å². The SMILES string of the molecule is Cc1cccc2c1NC(C(=O)NC(C1CCC1)C1NCCCC1C)C2. The monoisotopic (exact) mass is 341 g/mol. The third-order valence-corrected chi connectivity index (χ3v) is 6.60. The minimum Gasteiger partial charge on any atom is -0.373 e. The summed E-state index contributed by atoms with van der Waals surface area (Å²) in [5.41, 5.74) is 3.66. The number of anilines is 1. The molecular formula is C21H31N3O. The Balaban J connectivity index is 1.45. The number of benzene rings is 1. The van der Waals surface area contributed by atoms with Crippen molar-refractivity contribution in [3.05, 3.63) is 29.3 Å². The highest BCUT2D eigenvalue weighted by molar-refractivity contribution is 5.88. The van der Waals surface area contributed by atoms with E-state index in [1.807, 2.05) is 0 Å². The summed E-state index contributed by atoms with van der Waals surface area (Å²) in [6.07, 6.45) is 7.14. The first kappa shape index (κ1) is 16.9. The third-order valence-electron chi connectivity index (χ3n) is 6.60. The van der Waals surface area contributed by atoms with Gasteiger partial charge in [-0.15, -0.1) is 0 Å². The molecule has 4 nitrogen and oxygen atoms in total. The van der Waals surface area contributed by atoms with Gasteiger partial charge in [-0.2, -0.15) is 0 Å². The predicted octanol–water partition coefficient (Wildman–Crippen LogP) is 3.00. The van der Waals surface area contributed by atoms with Gasteiger partial charge in [0, 0.05) is 24.2 Å². The van der Waals surface area contributed by atoms with Crippen molar-refractivity contribution >= 4 is 11.6 Å². The second-order valence-corrected chi connectivity index (χ2v) is 8.33. The molecule has 1 amide bonds. The van der Waals surface area contributed by atoms with E-state index in [2.05, 4.69) is 48.0 Å². The largest absolute Gasteiger partial charge is 0.373 e. The van der Waals surface area contributed by atoms with Crippen LogP contribution in [0.25, 0.3) is 0 Å². The highest BCUT2D eigenvalue weighted by Crippen LogP contribution is 2.35.